The van der Waals surface area contributed by atoms with Gasteiger partial charge in [-0.15, -0.1) is 0 Å². The highest BCUT2D eigenvalue weighted by Crippen LogP contribution is 2.07. The van der Waals surface area contributed by atoms with E-state index in [2.05, 4.69) is 4.98 Å². The predicted octanol–water partition coefficient (Wildman–Crippen LogP) is 0.378. The molecule has 13 heavy (non-hydrogen) atoms. The van der Waals surface area contributed by atoms with E-state index in [1.54, 1.807) is 18.5 Å². The van der Waals surface area contributed by atoms with Crippen LogP contribution in [0.2, 0.25) is 0 Å². The topological polar surface area (TPSA) is 70.4 Å². The molecule has 1 atom stereocenters. The molecule has 1 unspecified atom stereocenters. The zero-order chi connectivity index (χ0) is 9.84. The number of aliphatic hydroxyl groups is 1. The van der Waals surface area contributed by atoms with Crippen molar-refractivity contribution < 1.29 is 15.0 Å². The molecule has 1 aromatic rings. The largest absolute Gasteiger partial charge is 0.479 e. The summed E-state index contributed by atoms with van der Waals surface area (Å²) in [5.41, 5.74) is 1.70. The normalized spacial score (nSPS) is 12.5. The summed E-state index contributed by atoms with van der Waals surface area (Å²) in [5, 5.41) is 17.6. The molecule has 0 aliphatic heterocycles. The van der Waals surface area contributed by atoms with Crippen molar-refractivity contribution >= 4 is 5.97 Å². The van der Waals surface area contributed by atoms with E-state index in [0.717, 1.165) is 11.1 Å². The number of hydrogen-bond donors (Lipinski definition) is 2. The summed E-state index contributed by atoms with van der Waals surface area (Å²) < 4.78 is 0. The second kappa shape index (κ2) is 4.00. The Morgan fingerprint density at radius 2 is 2.38 bits per heavy atom. The van der Waals surface area contributed by atoms with Gasteiger partial charge in [-0.3, -0.25) is 4.98 Å². The van der Waals surface area contributed by atoms with E-state index in [9.17, 15) is 4.79 Å². The van der Waals surface area contributed by atoms with Gasteiger partial charge in [0.2, 0.25) is 0 Å². The minimum Gasteiger partial charge on any atom is -0.479 e. The Labute approximate surface area is 75.9 Å². The van der Waals surface area contributed by atoms with Crippen LogP contribution in [0.1, 0.15) is 11.1 Å². The Balaban J connectivity index is 2.74. The van der Waals surface area contributed by atoms with E-state index in [1.807, 2.05) is 6.92 Å². The van der Waals surface area contributed by atoms with Gasteiger partial charge in [0.05, 0.1) is 0 Å². The highest BCUT2D eigenvalue weighted by atomic mass is 16.4. The maximum atomic E-state index is 10.3. The van der Waals surface area contributed by atoms with Crippen LogP contribution in [0.5, 0.6) is 0 Å². The van der Waals surface area contributed by atoms with E-state index in [0.29, 0.717) is 0 Å². The average molecular weight is 181 g/mol. The van der Waals surface area contributed by atoms with E-state index < -0.39 is 12.1 Å². The molecule has 0 radical (unpaired) electrons. The molecule has 2 N–H and O–H groups in total. The Morgan fingerprint density at radius 3 is 2.92 bits per heavy atom. The predicted molar refractivity (Wildman–Crippen MR) is 46.3 cm³/mol. The number of carboxylic acids is 1. The van der Waals surface area contributed by atoms with E-state index in [4.69, 9.17) is 10.2 Å². The molecule has 0 saturated carbocycles. The summed E-state index contributed by atoms with van der Waals surface area (Å²) in [6, 6.07) is 1.71. The zero-order valence-corrected chi connectivity index (χ0v) is 7.27. The molecule has 1 heterocycles. The lowest BCUT2D eigenvalue weighted by atomic mass is 10.1. The van der Waals surface area contributed by atoms with E-state index >= 15 is 0 Å². The lowest BCUT2D eigenvalue weighted by Crippen LogP contribution is -2.22. The van der Waals surface area contributed by atoms with Gasteiger partial charge in [0.1, 0.15) is 0 Å². The van der Waals surface area contributed by atoms with Crippen LogP contribution in [-0.2, 0) is 11.2 Å². The fourth-order valence-corrected chi connectivity index (χ4v) is 1.03. The average Bonchev–Trinajstić information content (AvgIpc) is 2.08. The molecular weight excluding hydrogens is 170 g/mol. The molecule has 0 fully saturated rings. The van der Waals surface area contributed by atoms with Gasteiger partial charge in [-0.1, -0.05) is 0 Å². The van der Waals surface area contributed by atoms with Crippen LogP contribution in [0.4, 0.5) is 0 Å². The zero-order valence-electron chi connectivity index (χ0n) is 7.27. The first kappa shape index (κ1) is 9.67. The number of pyridine rings is 1. The summed E-state index contributed by atoms with van der Waals surface area (Å²) in [6.07, 6.45) is 2.02. The van der Waals surface area contributed by atoms with Crippen molar-refractivity contribution in [3.05, 3.63) is 29.6 Å². The first-order chi connectivity index (χ1) is 6.11. The maximum absolute atomic E-state index is 10.3. The highest BCUT2D eigenvalue weighted by Gasteiger charge is 2.14. The Morgan fingerprint density at radius 1 is 1.69 bits per heavy atom. The number of carbonyl (C=O) groups is 1. The summed E-state index contributed by atoms with van der Waals surface area (Å²) >= 11 is 0. The molecule has 0 spiro atoms. The number of aromatic nitrogens is 1. The first-order valence-electron chi connectivity index (χ1n) is 3.91. The third-order valence-corrected chi connectivity index (χ3v) is 1.83. The molecule has 4 nitrogen and oxygen atoms in total. The number of carboxylic acid groups (broad SMARTS) is 1. The minimum atomic E-state index is -1.33. The molecule has 0 bridgehead atoms. The Hall–Kier alpha value is -1.42. The number of aliphatic carboxylic acids is 1. The fraction of sp³-hybridized carbons (Fsp3) is 0.333. The number of nitrogens with zero attached hydrogens (tertiary/aromatic N) is 1. The summed E-state index contributed by atoms with van der Waals surface area (Å²) in [5.74, 6) is -1.20. The molecule has 0 aliphatic rings. The lowest BCUT2D eigenvalue weighted by molar-refractivity contribution is -0.146. The van der Waals surface area contributed by atoms with Crippen LogP contribution < -0.4 is 0 Å². The van der Waals surface area contributed by atoms with Gasteiger partial charge in [-0.2, -0.15) is 0 Å². The molecule has 1 rings (SSSR count). The van der Waals surface area contributed by atoms with Crippen LogP contribution >= 0.6 is 0 Å². The molecule has 1 aromatic heterocycles. The van der Waals surface area contributed by atoms with Crippen LogP contribution in [0.25, 0.3) is 0 Å². The van der Waals surface area contributed by atoms with Crippen LogP contribution in [0.15, 0.2) is 18.5 Å². The number of aryl methyl sites for hydroxylation is 1. The van der Waals surface area contributed by atoms with E-state index in [-0.39, 0.29) is 6.42 Å². The second-order valence-corrected chi connectivity index (χ2v) is 2.86. The van der Waals surface area contributed by atoms with Crippen molar-refractivity contribution in [2.45, 2.75) is 19.4 Å². The molecule has 0 saturated heterocycles. The van der Waals surface area contributed by atoms with Crippen LogP contribution in [0.3, 0.4) is 0 Å². The Bertz CT molecular complexity index is 311. The van der Waals surface area contributed by atoms with Gasteiger partial charge < -0.3 is 10.2 Å². The third kappa shape index (κ3) is 2.52. The maximum Gasteiger partial charge on any atom is 0.332 e. The van der Waals surface area contributed by atoms with Gasteiger partial charge >= 0.3 is 5.97 Å². The van der Waals surface area contributed by atoms with Crippen LogP contribution in [-0.4, -0.2) is 27.3 Å². The number of hydrogen-bond acceptors (Lipinski definition) is 3. The van der Waals surface area contributed by atoms with Crippen molar-refractivity contribution in [2.75, 3.05) is 0 Å². The van der Waals surface area contributed by atoms with E-state index in [1.165, 1.54) is 0 Å². The van der Waals surface area contributed by atoms with Crippen LogP contribution in [0, 0.1) is 6.92 Å². The summed E-state index contributed by atoms with van der Waals surface area (Å²) in [7, 11) is 0. The van der Waals surface area contributed by atoms with Crippen molar-refractivity contribution in [1.29, 1.82) is 0 Å². The molecule has 0 amide bonds. The molecular formula is C9H11NO3. The lowest BCUT2D eigenvalue weighted by Gasteiger charge is -2.07. The monoisotopic (exact) mass is 181 g/mol. The minimum absolute atomic E-state index is 0.129. The second-order valence-electron chi connectivity index (χ2n) is 2.86. The molecule has 0 aliphatic carbocycles. The van der Waals surface area contributed by atoms with Gasteiger partial charge in [-0.25, -0.2) is 4.79 Å². The number of aliphatic hydroxyl groups excluding tert-OH is 1. The molecule has 0 aromatic carbocycles. The standard InChI is InChI=1S/C9H11NO3/c1-6-5-10-3-2-7(6)4-8(11)9(12)13/h2-3,5,8,11H,4H2,1H3,(H,12,13). The van der Waals surface area contributed by atoms with Crippen molar-refractivity contribution in [1.82, 2.24) is 4.98 Å². The quantitative estimate of drug-likeness (QED) is 0.707. The third-order valence-electron chi connectivity index (χ3n) is 1.83. The van der Waals surface area contributed by atoms with Crippen molar-refractivity contribution in [2.24, 2.45) is 0 Å². The van der Waals surface area contributed by atoms with Gasteiger partial charge in [0.15, 0.2) is 6.10 Å². The smallest absolute Gasteiger partial charge is 0.332 e. The molecule has 70 valence electrons. The first-order valence-corrected chi connectivity index (χ1v) is 3.91. The molecule has 4 heteroatoms. The SMILES string of the molecule is Cc1cnccc1CC(O)C(=O)O. The summed E-state index contributed by atoms with van der Waals surface area (Å²) in [4.78, 5) is 14.2. The summed E-state index contributed by atoms with van der Waals surface area (Å²) in [6.45, 7) is 1.83. The van der Waals surface area contributed by atoms with Gasteiger partial charge in [0.25, 0.3) is 0 Å². The van der Waals surface area contributed by atoms with Crippen molar-refractivity contribution in [3.63, 3.8) is 0 Å². The fourth-order valence-electron chi connectivity index (χ4n) is 1.03. The van der Waals surface area contributed by atoms with Crippen molar-refractivity contribution in [3.8, 4) is 0 Å². The van der Waals surface area contributed by atoms with Gasteiger partial charge in [0, 0.05) is 18.8 Å². The van der Waals surface area contributed by atoms with Gasteiger partial charge in [-0.05, 0) is 24.1 Å². The number of rotatable bonds is 3. The Kier molecular flexibility index (Phi) is 2.97. The highest BCUT2D eigenvalue weighted by molar-refractivity contribution is 5.72.